The van der Waals surface area contributed by atoms with Crippen molar-refractivity contribution in [3.05, 3.63) is 0 Å². The third-order valence-electron chi connectivity index (χ3n) is 9.19. The number of alkyl halides is 3. The van der Waals surface area contributed by atoms with Gasteiger partial charge in [-0.05, 0) is 79.4 Å². The van der Waals surface area contributed by atoms with E-state index in [4.69, 9.17) is 9.47 Å². The lowest BCUT2D eigenvalue weighted by Gasteiger charge is -2.48. The fourth-order valence-electron chi connectivity index (χ4n) is 8.00. The highest BCUT2D eigenvalue weighted by Gasteiger charge is 2.78. The molecule has 0 amide bonds. The summed E-state index contributed by atoms with van der Waals surface area (Å²) >= 11 is 0. The molecule has 5 fully saturated rings. The maximum atomic E-state index is 14.4. The first kappa shape index (κ1) is 18.3. The van der Waals surface area contributed by atoms with Crippen molar-refractivity contribution in [3.8, 4) is 0 Å². The SMILES string of the molecule is CC1C(C)C2CC1C1C3CC(C21)C(C(=O)OC1CCCCO1)(C(F)(F)F)C3. The van der Waals surface area contributed by atoms with Crippen LogP contribution in [-0.4, -0.2) is 25.0 Å². The van der Waals surface area contributed by atoms with Crippen molar-refractivity contribution in [2.24, 2.45) is 52.8 Å². The van der Waals surface area contributed by atoms with Gasteiger partial charge >= 0.3 is 12.1 Å². The summed E-state index contributed by atoms with van der Waals surface area (Å²) < 4.78 is 54.0. The Hall–Kier alpha value is -0.780. The van der Waals surface area contributed by atoms with E-state index in [-0.39, 0.29) is 18.3 Å². The number of halogens is 3. The molecule has 1 aliphatic heterocycles. The fourth-order valence-corrected chi connectivity index (χ4v) is 8.00. The quantitative estimate of drug-likeness (QED) is 0.505. The average Bonchev–Trinajstić information content (AvgIpc) is 3.34. The Labute approximate surface area is 158 Å². The van der Waals surface area contributed by atoms with Gasteiger partial charge in [-0.15, -0.1) is 0 Å². The summed E-state index contributed by atoms with van der Waals surface area (Å²) in [5, 5.41) is 0. The van der Waals surface area contributed by atoms with Gasteiger partial charge in [0.05, 0.1) is 6.61 Å². The second kappa shape index (κ2) is 5.87. The van der Waals surface area contributed by atoms with Crippen LogP contribution in [-0.2, 0) is 14.3 Å². The standard InChI is InChI=1S/C21H29F3O3/c1-10-11(2)14-8-13(10)17-12-7-15(18(14)17)20(9-12,21(22,23)24)19(25)27-16-5-3-4-6-26-16/h10-18H,3-9H2,1-2H3. The molecular weight excluding hydrogens is 357 g/mol. The number of hydrogen-bond acceptors (Lipinski definition) is 3. The third-order valence-corrected chi connectivity index (χ3v) is 9.19. The Morgan fingerprint density at radius 3 is 2.41 bits per heavy atom. The molecule has 6 heteroatoms. The molecule has 10 atom stereocenters. The first-order valence-electron chi connectivity index (χ1n) is 10.6. The summed E-state index contributed by atoms with van der Waals surface area (Å²) in [5.41, 5.74) is -2.31. The summed E-state index contributed by atoms with van der Waals surface area (Å²) in [4.78, 5) is 13.0. The summed E-state index contributed by atoms with van der Waals surface area (Å²) in [7, 11) is 0. The Bertz CT molecular complexity index is 629. The predicted octanol–water partition coefficient (Wildman–Crippen LogP) is 4.80. The van der Waals surface area contributed by atoms with Crippen molar-refractivity contribution in [3.63, 3.8) is 0 Å². The van der Waals surface area contributed by atoms with Gasteiger partial charge in [0.1, 0.15) is 0 Å². The van der Waals surface area contributed by atoms with Gasteiger partial charge in [-0.1, -0.05) is 13.8 Å². The molecule has 0 aromatic heterocycles. The highest BCUT2D eigenvalue weighted by molar-refractivity contribution is 5.79. The molecule has 3 nitrogen and oxygen atoms in total. The number of ether oxygens (including phenoxy) is 2. The molecule has 5 aliphatic rings. The molecule has 0 N–H and O–H groups in total. The summed E-state index contributed by atoms with van der Waals surface area (Å²) in [6.45, 7) is 4.91. The van der Waals surface area contributed by atoms with E-state index in [0.717, 1.165) is 19.3 Å². The lowest BCUT2D eigenvalue weighted by atomic mass is 9.57. The van der Waals surface area contributed by atoms with Crippen LogP contribution < -0.4 is 0 Å². The van der Waals surface area contributed by atoms with E-state index in [1.165, 1.54) is 0 Å². The van der Waals surface area contributed by atoms with Gasteiger partial charge in [0.25, 0.3) is 0 Å². The number of rotatable bonds is 2. The van der Waals surface area contributed by atoms with Gasteiger partial charge in [0.15, 0.2) is 5.41 Å². The normalized spacial score (nSPS) is 53.6. The van der Waals surface area contributed by atoms with Crippen molar-refractivity contribution >= 4 is 5.97 Å². The number of carbonyl (C=O) groups excluding carboxylic acids is 1. The fraction of sp³-hybridized carbons (Fsp3) is 0.952. The Morgan fingerprint density at radius 2 is 1.78 bits per heavy atom. The minimum absolute atomic E-state index is 0.0198. The van der Waals surface area contributed by atoms with Gasteiger partial charge in [0.2, 0.25) is 6.29 Å². The van der Waals surface area contributed by atoms with E-state index >= 15 is 0 Å². The smallest absolute Gasteiger partial charge is 0.405 e. The molecule has 5 rings (SSSR count). The molecule has 0 spiro atoms. The van der Waals surface area contributed by atoms with E-state index in [0.29, 0.717) is 49.0 Å². The third kappa shape index (κ3) is 2.28. The molecular formula is C21H29F3O3. The number of carbonyl (C=O) groups is 1. The highest BCUT2D eigenvalue weighted by atomic mass is 19.4. The summed E-state index contributed by atoms with van der Waals surface area (Å²) in [6, 6.07) is 0. The molecule has 0 radical (unpaired) electrons. The van der Waals surface area contributed by atoms with Crippen LogP contribution in [0.3, 0.4) is 0 Å². The van der Waals surface area contributed by atoms with Gasteiger partial charge in [-0.3, -0.25) is 4.79 Å². The van der Waals surface area contributed by atoms with E-state index in [2.05, 4.69) is 13.8 Å². The minimum atomic E-state index is -4.56. The molecule has 4 bridgehead atoms. The topological polar surface area (TPSA) is 35.5 Å². The number of esters is 1. The zero-order valence-corrected chi connectivity index (χ0v) is 16.0. The van der Waals surface area contributed by atoms with Crippen molar-refractivity contribution in [1.82, 2.24) is 0 Å². The molecule has 10 unspecified atom stereocenters. The number of hydrogen-bond donors (Lipinski definition) is 0. The largest absolute Gasteiger partial charge is 0.435 e. The van der Waals surface area contributed by atoms with Crippen LogP contribution in [0.5, 0.6) is 0 Å². The molecule has 27 heavy (non-hydrogen) atoms. The zero-order chi connectivity index (χ0) is 19.1. The van der Waals surface area contributed by atoms with Crippen LogP contribution in [0.1, 0.15) is 52.4 Å². The molecule has 4 aliphatic carbocycles. The minimum Gasteiger partial charge on any atom is -0.435 e. The molecule has 0 aromatic rings. The first-order valence-corrected chi connectivity index (χ1v) is 10.6. The predicted molar refractivity (Wildman–Crippen MR) is 91.3 cm³/mol. The molecule has 1 heterocycles. The van der Waals surface area contributed by atoms with Gasteiger partial charge in [0, 0.05) is 6.42 Å². The van der Waals surface area contributed by atoms with Gasteiger partial charge in [-0.25, -0.2) is 0 Å². The van der Waals surface area contributed by atoms with Crippen LogP contribution in [0.4, 0.5) is 13.2 Å². The Balaban J connectivity index is 1.45. The summed E-state index contributed by atoms with van der Waals surface area (Å²) in [6.07, 6.45) is -1.64. The van der Waals surface area contributed by atoms with E-state index in [9.17, 15) is 18.0 Å². The lowest BCUT2D eigenvalue weighted by molar-refractivity contribution is -0.269. The second-order valence-electron chi connectivity index (χ2n) is 9.91. The average molecular weight is 386 g/mol. The maximum Gasteiger partial charge on any atom is 0.405 e. The monoisotopic (exact) mass is 386 g/mol. The number of fused-ring (bicyclic) bond motifs is 9. The van der Waals surface area contributed by atoms with Crippen LogP contribution in [0.25, 0.3) is 0 Å². The van der Waals surface area contributed by atoms with Crippen molar-refractivity contribution < 1.29 is 27.4 Å². The first-order chi connectivity index (χ1) is 12.8. The van der Waals surface area contributed by atoms with Crippen LogP contribution in [0.15, 0.2) is 0 Å². The molecule has 4 saturated carbocycles. The summed E-state index contributed by atoms with van der Waals surface area (Å²) in [5.74, 6) is 0.732. The lowest BCUT2D eigenvalue weighted by Crippen LogP contribution is -2.56. The molecule has 152 valence electrons. The van der Waals surface area contributed by atoms with Crippen LogP contribution >= 0.6 is 0 Å². The van der Waals surface area contributed by atoms with E-state index < -0.39 is 29.8 Å². The Kier molecular flexibility index (Phi) is 3.97. The maximum absolute atomic E-state index is 14.4. The molecule has 0 aromatic carbocycles. The van der Waals surface area contributed by atoms with E-state index in [1.807, 2.05) is 0 Å². The van der Waals surface area contributed by atoms with Gasteiger partial charge < -0.3 is 9.47 Å². The van der Waals surface area contributed by atoms with Crippen LogP contribution in [0, 0.1) is 52.8 Å². The highest BCUT2D eigenvalue weighted by Crippen LogP contribution is 2.76. The van der Waals surface area contributed by atoms with Gasteiger partial charge in [-0.2, -0.15) is 13.2 Å². The Morgan fingerprint density at radius 1 is 1.07 bits per heavy atom. The van der Waals surface area contributed by atoms with Crippen LogP contribution in [0.2, 0.25) is 0 Å². The second-order valence-corrected chi connectivity index (χ2v) is 9.91. The molecule has 1 saturated heterocycles. The van der Waals surface area contributed by atoms with E-state index in [1.54, 1.807) is 0 Å². The van der Waals surface area contributed by atoms with Crippen molar-refractivity contribution in [1.29, 1.82) is 0 Å². The van der Waals surface area contributed by atoms with Crippen molar-refractivity contribution in [2.75, 3.05) is 6.61 Å². The van der Waals surface area contributed by atoms with Crippen molar-refractivity contribution in [2.45, 2.75) is 64.8 Å². The zero-order valence-electron chi connectivity index (χ0n) is 16.0.